The van der Waals surface area contributed by atoms with Gasteiger partial charge in [0.05, 0.1) is 6.54 Å². The Morgan fingerprint density at radius 1 is 1.20 bits per heavy atom. The van der Waals surface area contributed by atoms with Crippen LogP contribution in [0.5, 0.6) is 5.75 Å². The molecule has 0 bridgehead atoms. The van der Waals surface area contributed by atoms with Crippen LogP contribution in [0.1, 0.15) is 19.3 Å². The van der Waals surface area contributed by atoms with Crippen LogP contribution >= 0.6 is 0 Å². The number of carbonyl (C=O) groups is 2. The van der Waals surface area contributed by atoms with E-state index in [0.29, 0.717) is 18.7 Å². The van der Waals surface area contributed by atoms with Gasteiger partial charge in [-0.3, -0.25) is 4.79 Å². The molecule has 1 aromatic carbocycles. The van der Waals surface area contributed by atoms with Crippen molar-refractivity contribution in [2.45, 2.75) is 50.0 Å². The van der Waals surface area contributed by atoms with Gasteiger partial charge in [0.2, 0.25) is 12.2 Å². The summed E-state index contributed by atoms with van der Waals surface area (Å²) in [4.78, 5) is 23.3. The van der Waals surface area contributed by atoms with Crippen LogP contribution in [0.3, 0.4) is 0 Å². The van der Waals surface area contributed by atoms with Crippen LogP contribution in [0.2, 0.25) is 0 Å². The molecule has 1 aromatic rings. The highest BCUT2D eigenvalue weighted by atomic mass is 32.2. The Bertz CT molecular complexity index is 1040. The van der Waals surface area contributed by atoms with Gasteiger partial charge in [-0.25, -0.2) is 9.52 Å². The van der Waals surface area contributed by atoms with Crippen molar-refractivity contribution in [3.63, 3.8) is 0 Å². The number of anilines is 1. The van der Waals surface area contributed by atoms with E-state index in [9.17, 15) is 33.3 Å². The number of aliphatic hydroxyl groups excluding tert-OH is 3. The fourth-order valence-corrected chi connectivity index (χ4v) is 4.61. The maximum absolute atomic E-state index is 12.0. The van der Waals surface area contributed by atoms with Gasteiger partial charge in [0.25, 0.3) is 0 Å². The van der Waals surface area contributed by atoms with Crippen molar-refractivity contribution in [1.82, 2.24) is 14.3 Å². The molecule has 13 nitrogen and oxygen atoms in total. The van der Waals surface area contributed by atoms with E-state index >= 15 is 0 Å². The highest BCUT2D eigenvalue weighted by Gasteiger charge is 2.47. The van der Waals surface area contributed by atoms with Crippen LogP contribution in [0.15, 0.2) is 24.3 Å². The fraction of sp³-hybridized carbons (Fsp3) is 0.524. The van der Waals surface area contributed by atoms with Crippen molar-refractivity contribution in [2.75, 3.05) is 25.0 Å². The zero-order valence-corrected chi connectivity index (χ0v) is 19.5. The first-order valence-corrected chi connectivity index (χ1v) is 12.3. The van der Waals surface area contributed by atoms with E-state index in [-0.39, 0.29) is 5.75 Å². The summed E-state index contributed by atoms with van der Waals surface area (Å²) in [6.07, 6.45) is -0.312. The molecule has 2 aliphatic heterocycles. The van der Waals surface area contributed by atoms with Gasteiger partial charge in [0, 0.05) is 25.2 Å². The average Bonchev–Trinajstić information content (AvgIpc) is 3.07. The second kappa shape index (κ2) is 11.7. The number of unbranched alkanes of at least 4 members (excludes halogenated alkanes) is 2. The number of rotatable bonds is 9. The highest BCUT2D eigenvalue weighted by molar-refractivity contribution is 7.88. The SMILES string of the molecule is C#CCCCCNC(=O)Nc1ccc(O[C@H]2O[C@H](CN3CC(=O)NS3(=O)=O)[C@@H](O)[C@H](O)[C@@H]2O)cc1. The van der Waals surface area contributed by atoms with Gasteiger partial charge in [-0.05, 0) is 37.1 Å². The van der Waals surface area contributed by atoms with Gasteiger partial charge in [0.1, 0.15) is 30.2 Å². The van der Waals surface area contributed by atoms with Gasteiger partial charge < -0.3 is 35.4 Å². The molecule has 2 aliphatic rings. The third-order valence-corrected chi connectivity index (χ3v) is 6.80. The molecule has 2 fully saturated rings. The topological polar surface area (TPSA) is 187 Å². The molecule has 0 saturated carbocycles. The first-order valence-electron chi connectivity index (χ1n) is 10.9. The van der Waals surface area contributed by atoms with E-state index in [1.54, 1.807) is 16.9 Å². The molecule has 14 heteroatoms. The van der Waals surface area contributed by atoms with Gasteiger partial charge in [-0.1, -0.05) is 0 Å². The molecular formula is C21H28N4O9S. The molecule has 192 valence electrons. The molecule has 2 heterocycles. The van der Waals surface area contributed by atoms with Crippen molar-refractivity contribution in [1.29, 1.82) is 0 Å². The van der Waals surface area contributed by atoms with Crippen molar-refractivity contribution in [3.8, 4) is 18.1 Å². The van der Waals surface area contributed by atoms with Crippen LogP contribution in [0.4, 0.5) is 10.5 Å². The van der Waals surface area contributed by atoms with E-state index in [0.717, 1.165) is 17.1 Å². The van der Waals surface area contributed by atoms with E-state index in [1.165, 1.54) is 12.1 Å². The molecule has 0 unspecified atom stereocenters. The van der Waals surface area contributed by atoms with E-state index in [4.69, 9.17) is 15.9 Å². The fourth-order valence-electron chi connectivity index (χ4n) is 3.49. The third-order valence-electron chi connectivity index (χ3n) is 5.35. The second-order valence-corrected chi connectivity index (χ2v) is 9.69. The van der Waals surface area contributed by atoms with Gasteiger partial charge in [-0.15, -0.1) is 12.3 Å². The minimum absolute atomic E-state index is 0.210. The summed E-state index contributed by atoms with van der Waals surface area (Å²) >= 11 is 0. The number of aliphatic hydroxyl groups is 3. The lowest BCUT2D eigenvalue weighted by atomic mass is 9.99. The number of carbonyl (C=O) groups excluding carboxylic acids is 2. The first-order chi connectivity index (χ1) is 16.6. The quantitative estimate of drug-likeness (QED) is 0.169. The second-order valence-electron chi connectivity index (χ2n) is 8.02. The van der Waals surface area contributed by atoms with Crippen molar-refractivity contribution in [2.24, 2.45) is 0 Å². The van der Waals surface area contributed by atoms with Crippen LogP contribution in [-0.4, -0.2) is 90.3 Å². The molecule has 3 amide bonds. The van der Waals surface area contributed by atoms with E-state index < -0.39 is 65.9 Å². The molecule has 0 spiro atoms. The van der Waals surface area contributed by atoms with Crippen LogP contribution in [0, 0.1) is 12.3 Å². The third kappa shape index (κ3) is 7.04. The van der Waals surface area contributed by atoms with Crippen molar-refractivity contribution < 1.29 is 42.8 Å². The molecule has 35 heavy (non-hydrogen) atoms. The van der Waals surface area contributed by atoms with Gasteiger partial charge in [0.15, 0.2) is 0 Å². The lowest BCUT2D eigenvalue weighted by Crippen LogP contribution is -2.61. The number of nitrogens with zero attached hydrogens (tertiary/aromatic N) is 1. The summed E-state index contributed by atoms with van der Waals surface area (Å²) in [5, 5.41) is 36.1. The zero-order valence-electron chi connectivity index (χ0n) is 18.7. The summed E-state index contributed by atoms with van der Waals surface area (Å²) in [7, 11) is -4.08. The number of hydrogen-bond donors (Lipinski definition) is 6. The number of urea groups is 1. The predicted molar refractivity (Wildman–Crippen MR) is 122 cm³/mol. The molecule has 0 aromatic heterocycles. The Morgan fingerprint density at radius 3 is 2.54 bits per heavy atom. The van der Waals surface area contributed by atoms with E-state index in [2.05, 4.69) is 16.6 Å². The van der Waals surface area contributed by atoms with E-state index in [1.807, 2.05) is 0 Å². The molecule has 0 aliphatic carbocycles. The molecule has 3 rings (SSSR count). The summed E-state index contributed by atoms with van der Waals surface area (Å²) in [6, 6.07) is 5.66. The molecule has 0 radical (unpaired) electrons. The molecule has 6 N–H and O–H groups in total. The Morgan fingerprint density at radius 2 is 1.91 bits per heavy atom. The lowest BCUT2D eigenvalue weighted by molar-refractivity contribution is -0.272. The molecule has 5 atom stereocenters. The number of ether oxygens (including phenoxy) is 2. The lowest BCUT2D eigenvalue weighted by Gasteiger charge is -2.40. The summed E-state index contributed by atoms with van der Waals surface area (Å²) < 4.78 is 37.6. The van der Waals surface area contributed by atoms with Crippen LogP contribution in [-0.2, 0) is 19.7 Å². The zero-order chi connectivity index (χ0) is 25.6. The van der Waals surface area contributed by atoms with Crippen LogP contribution < -0.4 is 20.1 Å². The normalized spacial score (nSPS) is 28.1. The average molecular weight is 513 g/mol. The summed E-state index contributed by atoms with van der Waals surface area (Å²) in [5.74, 6) is 2.00. The van der Waals surface area contributed by atoms with Crippen molar-refractivity contribution in [3.05, 3.63) is 24.3 Å². The Hall–Kier alpha value is -2.93. The molecule has 2 saturated heterocycles. The standard InChI is InChI=1S/C21H28N4O9S/c1-2-3-4-5-10-22-21(30)23-13-6-8-14(9-7-13)33-20-19(29)18(28)17(27)15(34-20)11-25-12-16(26)24-35(25,31)32/h1,6-9,15,17-20,27-29H,3-5,10-12H2,(H,24,26)(H2,22,23,30)/t15-,17-,18+,19+,20+/m1/s1. The summed E-state index contributed by atoms with van der Waals surface area (Å²) in [6.45, 7) is -0.442. The Kier molecular flexibility index (Phi) is 8.89. The minimum atomic E-state index is -4.08. The smallest absolute Gasteiger partial charge is 0.319 e. The monoisotopic (exact) mass is 512 g/mol. The highest BCUT2D eigenvalue weighted by Crippen LogP contribution is 2.26. The number of terminal acetylenes is 1. The van der Waals surface area contributed by atoms with Gasteiger partial charge >= 0.3 is 16.2 Å². The molecular weight excluding hydrogens is 484 g/mol. The number of hydrogen-bond acceptors (Lipinski definition) is 9. The Labute approximate surface area is 202 Å². The number of nitrogens with one attached hydrogen (secondary N) is 3. The number of benzene rings is 1. The summed E-state index contributed by atoms with van der Waals surface area (Å²) in [5.41, 5.74) is 0.466. The maximum atomic E-state index is 12.0. The van der Waals surface area contributed by atoms with Crippen molar-refractivity contribution >= 4 is 27.8 Å². The minimum Gasteiger partial charge on any atom is -0.462 e. The first kappa shape index (κ1) is 26.7. The maximum Gasteiger partial charge on any atom is 0.319 e. The van der Waals surface area contributed by atoms with Gasteiger partial charge in [-0.2, -0.15) is 12.7 Å². The largest absolute Gasteiger partial charge is 0.462 e. The number of amides is 3. The Balaban J connectivity index is 1.56. The predicted octanol–water partition coefficient (Wildman–Crippen LogP) is -1.53. The van der Waals surface area contributed by atoms with Crippen LogP contribution in [0.25, 0.3) is 0 Å².